The van der Waals surface area contributed by atoms with E-state index in [9.17, 15) is 28.9 Å². The molecule has 0 bridgehead atoms. The Bertz CT molecular complexity index is 991. The van der Waals surface area contributed by atoms with Crippen LogP contribution < -0.4 is 4.74 Å². The predicted molar refractivity (Wildman–Crippen MR) is 88.5 cm³/mol. The molecule has 0 saturated heterocycles. The zero-order chi connectivity index (χ0) is 18.6. The average Bonchev–Trinajstić information content (AvgIpc) is 2.61. The van der Waals surface area contributed by atoms with Crippen LogP contribution in [0.15, 0.2) is 52.3 Å². The van der Waals surface area contributed by atoms with Gasteiger partial charge in [0.25, 0.3) is 5.69 Å². The SMILES string of the molecule is COc1cc([N+](=O)[O-])cc(C=C(C#N)S(=O)(=O)c2ccccc2)c1O. The summed E-state index contributed by atoms with van der Waals surface area (Å²) < 4.78 is 29.9. The van der Waals surface area contributed by atoms with Crippen LogP contribution in [0.3, 0.4) is 0 Å². The zero-order valence-corrected chi connectivity index (χ0v) is 13.7. The van der Waals surface area contributed by atoms with E-state index in [1.54, 1.807) is 12.1 Å². The minimum absolute atomic E-state index is 0.111. The number of benzene rings is 2. The second kappa shape index (κ2) is 7.02. The van der Waals surface area contributed by atoms with Gasteiger partial charge in [-0.3, -0.25) is 10.1 Å². The Labute approximate surface area is 143 Å². The highest BCUT2D eigenvalue weighted by atomic mass is 32.2. The molecule has 8 nitrogen and oxygen atoms in total. The number of phenols is 1. The fourth-order valence-electron chi connectivity index (χ4n) is 2.02. The Hall–Kier alpha value is -3.38. The molecule has 1 N–H and O–H groups in total. The second-order valence-corrected chi connectivity index (χ2v) is 6.70. The monoisotopic (exact) mass is 360 g/mol. The normalized spacial score (nSPS) is 11.6. The van der Waals surface area contributed by atoms with Gasteiger partial charge in [-0.1, -0.05) is 18.2 Å². The van der Waals surface area contributed by atoms with Crippen molar-refractivity contribution >= 4 is 21.6 Å². The van der Waals surface area contributed by atoms with Crippen molar-refractivity contribution in [1.29, 1.82) is 5.26 Å². The van der Waals surface area contributed by atoms with Crippen LogP contribution in [-0.4, -0.2) is 25.6 Å². The average molecular weight is 360 g/mol. The Balaban J connectivity index is 2.67. The van der Waals surface area contributed by atoms with Crippen molar-refractivity contribution in [3.63, 3.8) is 0 Å². The summed E-state index contributed by atoms with van der Waals surface area (Å²) in [5.41, 5.74) is -0.641. The number of rotatable bonds is 5. The number of non-ortho nitro benzene ring substituents is 1. The number of methoxy groups -OCH3 is 1. The molecule has 0 heterocycles. The van der Waals surface area contributed by atoms with Crippen molar-refractivity contribution in [2.24, 2.45) is 0 Å². The van der Waals surface area contributed by atoms with E-state index in [2.05, 4.69) is 0 Å². The molecule has 2 rings (SSSR count). The number of allylic oxidation sites excluding steroid dienone is 1. The Morgan fingerprint density at radius 2 is 1.96 bits per heavy atom. The van der Waals surface area contributed by atoms with Gasteiger partial charge in [0.15, 0.2) is 11.5 Å². The molecule has 128 valence electrons. The van der Waals surface area contributed by atoms with Crippen molar-refractivity contribution in [2.45, 2.75) is 4.90 Å². The van der Waals surface area contributed by atoms with Crippen molar-refractivity contribution in [1.82, 2.24) is 0 Å². The fourth-order valence-corrected chi connectivity index (χ4v) is 3.19. The summed E-state index contributed by atoms with van der Waals surface area (Å²) in [5, 5.41) is 30.3. The summed E-state index contributed by atoms with van der Waals surface area (Å²) in [6.07, 6.45) is 0.868. The number of nitro groups is 1. The molecule has 0 unspecified atom stereocenters. The van der Waals surface area contributed by atoms with Crippen LogP contribution in [-0.2, 0) is 9.84 Å². The van der Waals surface area contributed by atoms with Crippen molar-refractivity contribution in [3.8, 4) is 17.6 Å². The highest BCUT2D eigenvalue weighted by Gasteiger charge is 2.23. The molecule has 0 saturated carbocycles. The number of hydrogen-bond donors (Lipinski definition) is 1. The largest absolute Gasteiger partial charge is 0.504 e. The number of phenolic OH excluding ortho intramolecular Hbond substituents is 1. The maximum absolute atomic E-state index is 12.5. The number of nitrogens with zero attached hydrogens (tertiary/aromatic N) is 2. The number of aromatic hydroxyl groups is 1. The van der Waals surface area contributed by atoms with E-state index in [1.807, 2.05) is 0 Å². The van der Waals surface area contributed by atoms with Crippen LogP contribution >= 0.6 is 0 Å². The highest BCUT2D eigenvalue weighted by molar-refractivity contribution is 7.95. The Morgan fingerprint density at radius 3 is 2.48 bits per heavy atom. The van der Waals surface area contributed by atoms with Gasteiger partial charge in [0.2, 0.25) is 9.84 Å². The predicted octanol–water partition coefficient (Wildman–Crippen LogP) is 2.65. The van der Waals surface area contributed by atoms with E-state index in [4.69, 9.17) is 4.74 Å². The third-order valence-electron chi connectivity index (χ3n) is 3.26. The van der Waals surface area contributed by atoms with Gasteiger partial charge in [0, 0.05) is 11.6 Å². The lowest BCUT2D eigenvalue weighted by atomic mass is 10.1. The van der Waals surface area contributed by atoms with Crippen LogP contribution in [0.4, 0.5) is 5.69 Å². The van der Waals surface area contributed by atoms with E-state index in [0.29, 0.717) is 0 Å². The number of nitro benzene ring substituents is 1. The smallest absolute Gasteiger partial charge is 0.274 e. The number of hydrogen-bond acceptors (Lipinski definition) is 7. The fraction of sp³-hybridized carbons (Fsp3) is 0.0625. The van der Waals surface area contributed by atoms with Crippen LogP contribution in [0, 0.1) is 21.4 Å². The molecule has 0 spiro atoms. The van der Waals surface area contributed by atoms with Gasteiger partial charge in [-0.05, 0) is 18.2 Å². The number of nitriles is 1. The molecule has 0 atom stereocenters. The highest BCUT2D eigenvalue weighted by Crippen LogP contribution is 2.36. The molecule has 0 radical (unpaired) electrons. The molecule has 2 aromatic rings. The molecule has 25 heavy (non-hydrogen) atoms. The van der Waals surface area contributed by atoms with E-state index in [-0.39, 0.29) is 16.2 Å². The summed E-state index contributed by atoms with van der Waals surface area (Å²) in [4.78, 5) is 9.46. The summed E-state index contributed by atoms with van der Waals surface area (Å²) in [5.74, 6) is -0.723. The van der Waals surface area contributed by atoms with E-state index < -0.39 is 31.1 Å². The van der Waals surface area contributed by atoms with E-state index in [0.717, 1.165) is 18.2 Å². The first-order valence-corrected chi connectivity index (χ1v) is 8.27. The lowest BCUT2D eigenvalue weighted by Crippen LogP contribution is -2.03. The molecule has 0 aliphatic heterocycles. The summed E-state index contributed by atoms with van der Waals surface area (Å²) in [6, 6.07) is 10.7. The molecule has 0 fully saturated rings. The molecule has 9 heteroatoms. The Morgan fingerprint density at radius 1 is 1.32 bits per heavy atom. The van der Waals surface area contributed by atoms with Gasteiger partial charge >= 0.3 is 0 Å². The molecule has 0 aliphatic rings. The topological polar surface area (TPSA) is 131 Å². The lowest BCUT2D eigenvalue weighted by molar-refractivity contribution is -0.385. The van der Waals surface area contributed by atoms with Crippen molar-refractivity contribution in [2.75, 3.05) is 7.11 Å². The maximum atomic E-state index is 12.5. The third kappa shape index (κ3) is 3.59. The summed E-state index contributed by atoms with van der Waals surface area (Å²) in [6.45, 7) is 0. The van der Waals surface area contributed by atoms with Gasteiger partial charge < -0.3 is 9.84 Å². The first-order chi connectivity index (χ1) is 11.8. The molecule has 0 amide bonds. The van der Waals surface area contributed by atoms with Gasteiger partial charge in [0.05, 0.1) is 23.0 Å². The number of ether oxygens (including phenoxy) is 1. The third-order valence-corrected chi connectivity index (χ3v) is 4.94. The minimum Gasteiger partial charge on any atom is -0.504 e. The van der Waals surface area contributed by atoms with Crippen LogP contribution in [0.1, 0.15) is 5.56 Å². The lowest BCUT2D eigenvalue weighted by Gasteiger charge is -2.07. The standard InChI is InChI=1S/C16H12N2O6S/c1-24-15-9-12(18(20)21)7-11(16(15)19)8-14(10-17)25(22,23)13-5-3-2-4-6-13/h2-9,19H,1H3. The molecule has 0 aliphatic carbocycles. The minimum atomic E-state index is -4.14. The molecule has 2 aromatic carbocycles. The van der Waals surface area contributed by atoms with Gasteiger partial charge in [-0.15, -0.1) is 0 Å². The summed E-state index contributed by atoms with van der Waals surface area (Å²) >= 11 is 0. The molecular weight excluding hydrogens is 348 g/mol. The van der Waals surface area contributed by atoms with Gasteiger partial charge in [-0.2, -0.15) is 5.26 Å². The van der Waals surface area contributed by atoms with Gasteiger partial charge in [-0.25, -0.2) is 8.42 Å². The zero-order valence-electron chi connectivity index (χ0n) is 12.9. The van der Waals surface area contributed by atoms with Crippen molar-refractivity contribution in [3.05, 3.63) is 63.0 Å². The summed E-state index contributed by atoms with van der Waals surface area (Å²) in [7, 11) is -2.95. The molecule has 0 aromatic heterocycles. The quantitative estimate of drug-likeness (QED) is 0.492. The van der Waals surface area contributed by atoms with Gasteiger partial charge in [0.1, 0.15) is 11.0 Å². The maximum Gasteiger partial charge on any atom is 0.274 e. The Kier molecular flexibility index (Phi) is 5.05. The first kappa shape index (κ1) is 18.0. The van der Waals surface area contributed by atoms with E-state index in [1.165, 1.54) is 31.4 Å². The van der Waals surface area contributed by atoms with Crippen LogP contribution in [0.5, 0.6) is 11.5 Å². The second-order valence-electron chi connectivity index (χ2n) is 4.78. The van der Waals surface area contributed by atoms with Crippen LogP contribution in [0.2, 0.25) is 0 Å². The van der Waals surface area contributed by atoms with Crippen LogP contribution in [0.25, 0.3) is 6.08 Å². The number of sulfone groups is 1. The van der Waals surface area contributed by atoms with Crippen molar-refractivity contribution < 1.29 is 23.2 Å². The first-order valence-electron chi connectivity index (χ1n) is 6.78. The molecular formula is C16H12N2O6S. The van der Waals surface area contributed by atoms with E-state index >= 15 is 0 Å².